The fourth-order valence-electron chi connectivity index (χ4n) is 4.35. The monoisotopic (exact) mass is 486 g/mol. The first-order valence-electron chi connectivity index (χ1n) is 11.4. The van der Waals surface area contributed by atoms with Crippen LogP contribution in [0.4, 0.5) is 15.8 Å². The lowest BCUT2D eigenvalue weighted by Gasteiger charge is -2.23. The summed E-state index contributed by atoms with van der Waals surface area (Å²) in [6.07, 6.45) is 3.69. The Morgan fingerprint density at radius 2 is 1.71 bits per heavy atom. The molecule has 1 aromatic heterocycles. The topological polar surface area (TPSA) is 72.8 Å². The minimum Gasteiger partial charge on any atom is -0.258 e. The molecule has 0 unspecified atom stereocenters. The van der Waals surface area contributed by atoms with Gasteiger partial charge in [0.2, 0.25) is 4.80 Å². The molecule has 8 heteroatoms. The Hall–Kier alpha value is -3.91. The van der Waals surface area contributed by atoms with Crippen molar-refractivity contribution in [1.29, 1.82) is 0 Å². The number of hydrogen-bond donors (Lipinski definition) is 0. The lowest BCUT2D eigenvalue weighted by Crippen LogP contribution is -2.18. The summed E-state index contributed by atoms with van der Waals surface area (Å²) in [5.41, 5.74) is 3.96. The van der Waals surface area contributed by atoms with Gasteiger partial charge in [0.15, 0.2) is 0 Å². The van der Waals surface area contributed by atoms with Crippen molar-refractivity contribution in [2.45, 2.75) is 31.6 Å². The van der Waals surface area contributed by atoms with Crippen LogP contribution in [0.3, 0.4) is 0 Å². The van der Waals surface area contributed by atoms with E-state index in [1.54, 1.807) is 28.9 Å². The minimum atomic E-state index is -0.416. The van der Waals surface area contributed by atoms with Crippen LogP contribution in [0.2, 0.25) is 0 Å². The van der Waals surface area contributed by atoms with Gasteiger partial charge in [0.1, 0.15) is 11.5 Å². The summed E-state index contributed by atoms with van der Waals surface area (Å²) < 4.78 is 16.0. The van der Waals surface area contributed by atoms with Crippen molar-refractivity contribution in [2.24, 2.45) is 10.1 Å². The van der Waals surface area contributed by atoms with Crippen LogP contribution in [0, 0.1) is 15.9 Å². The molecule has 1 saturated carbocycles. The number of hydrogen-bond acceptors (Lipinski definition) is 5. The van der Waals surface area contributed by atoms with Gasteiger partial charge in [-0.2, -0.15) is 5.10 Å². The van der Waals surface area contributed by atoms with Crippen molar-refractivity contribution >= 4 is 28.4 Å². The number of rotatable bonds is 5. The van der Waals surface area contributed by atoms with Gasteiger partial charge < -0.3 is 0 Å². The zero-order valence-corrected chi connectivity index (χ0v) is 19.7. The SMILES string of the molecule is O=[N+]([O-])c1cccc(-c2csc(=Nc3ccccc3F)n2N=C2CCC(c3ccccc3)CC2)c1. The molecule has 0 amide bonds. The maximum absolute atomic E-state index is 14.3. The van der Waals surface area contributed by atoms with Gasteiger partial charge in [-0.25, -0.2) is 14.1 Å². The van der Waals surface area contributed by atoms with E-state index in [0.717, 1.165) is 31.4 Å². The van der Waals surface area contributed by atoms with Crippen LogP contribution >= 0.6 is 11.3 Å². The van der Waals surface area contributed by atoms with Crippen molar-refractivity contribution in [3.63, 3.8) is 0 Å². The van der Waals surface area contributed by atoms with Gasteiger partial charge in [-0.15, -0.1) is 11.3 Å². The van der Waals surface area contributed by atoms with Crippen molar-refractivity contribution < 1.29 is 9.31 Å². The molecule has 0 N–H and O–H groups in total. The van der Waals surface area contributed by atoms with E-state index in [1.165, 1.54) is 35.1 Å². The summed E-state index contributed by atoms with van der Waals surface area (Å²) in [7, 11) is 0. The van der Waals surface area contributed by atoms with Crippen molar-refractivity contribution in [1.82, 2.24) is 4.68 Å². The summed E-state index contributed by atoms with van der Waals surface area (Å²) >= 11 is 1.33. The number of halogens is 1. The third-order valence-electron chi connectivity index (χ3n) is 6.18. The number of benzene rings is 3. The summed E-state index contributed by atoms with van der Waals surface area (Å²) in [5, 5.41) is 18.1. The number of para-hydroxylation sites is 1. The summed E-state index contributed by atoms with van der Waals surface area (Å²) in [6, 6.07) is 23.3. The second kappa shape index (κ2) is 10.1. The fourth-order valence-corrected chi connectivity index (χ4v) is 5.19. The van der Waals surface area contributed by atoms with Crippen LogP contribution in [-0.2, 0) is 0 Å². The second-order valence-electron chi connectivity index (χ2n) is 8.44. The molecular weight excluding hydrogens is 463 g/mol. The molecule has 0 saturated heterocycles. The van der Waals surface area contributed by atoms with Gasteiger partial charge in [-0.1, -0.05) is 54.6 Å². The Morgan fingerprint density at radius 3 is 2.46 bits per heavy atom. The molecule has 0 bridgehead atoms. The molecule has 5 rings (SSSR count). The van der Waals surface area contributed by atoms with Gasteiger partial charge >= 0.3 is 0 Å². The van der Waals surface area contributed by atoms with Crippen molar-refractivity contribution in [3.05, 3.63) is 111 Å². The maximum atomic E-state index is 14.3. The van der Waals surface area contributed by atoms with E-state index < -0.39 is 10.7 Å². The number of nitro benzene ring substituents is 1. The van der Waals surface area contributed by atoms with Gasteiger partial charge in [0.25, 0.3) is 5.69 Å². The van der Waals surface area contributed by atoms with Crippen LogP contribution < -0.4 is 4.80 Å². The van der Waals surface area contributed by atoms with Gasteiger partial charge in [-0.3, -0.25) is 10.1 Å². The van der Waals surface area contributed by atoms with Crippen molar-refractivity contribution in [2.75, 3.05) is 0 Å². The average Bonchev–Trinajstić information content (AvgIpc) is 3.28. The molecule has 4 aromatic rings. The molecule has 0 atom stereocenters. The lowest BCUT2D eigenvalue weighted by molar-refractivity contribution is -0.384. The summed E-state index contributed by atoms with van der Waals surface area (Å²) in [5.74, 6) is 0.0850. The number of non-ortho nitro benzene ring substituents is 1. The first-order valence-corrected chi connectivity index (χ1v) is 12.3. The van der Waals surface area contributed by atoms with E-state index in [4.69, 9.17) is 5.10 Å². The molecule has 0 radical (unpaired) electrons. The largest absolute Gasteiger partial charge is 0.270 e. The summed E-state index contributed by atoms with van der Waals surface area (Å²) in [6.45, 7) is 0. The molecule has 35 heavy (non-hydrogen) atoms. The molecule has 1 aliphatic rings. The second-order valence-corrected chi connectivity index (χ2v) is 9.27. The highest BCUT2D eigenvalue weighted by Crippen LogP contribution is 2.32. The standard InChI is InChI=1S/C27H23FN4O2S/c28-24-11-4-5-12-25(24)29-27-31(26(18-35-27)21-9-6-10-23(17-21)32(33)34)30-22-15-13-20(14-16-22)19-7-2-1-3-8-19/h1-12,17-18,20H,13-16H2. The fraction of sp³-hybridized carbons (Fsp3) is 0.185. The number of thiazole rings is 1. The van der Waals surface area contributed by atoms with E-state index in [-0.39, 0.29) is 11.4 Å². The van der Waals surface area contributed by atoms with Crippen molar-refractivity contribution in [3.8, 4) is 11.3 Å². The van der Waals surface area contributed by atoms with E-state index in [2.05, 4.69) is 29.3 Å². The highest BCUT2D eigenvalue weighted by molar-refractivity contribution is 7.07. The van der Waals surface area contributed by atoms with E-state index in [1.807, 2.05) is 17.5 Å². The zero-order chi connectivity index (χ0) is 24.2. The molecular formula is C27H23FN4O2S. The van der Waals surface area contributed by atoms with Gasteiger partial charge in [0, 0.05) is 28.8 Å². The normalized spacial score (nSPS) is 16.3. The molecule has 0 spiro atoms. The molecule has 0 aliphatic heterocycles. The molecule has 1 heterocycles. The van der Waals surface area contributed by atoms with Crippen LogP contribution in [0.25, 0.3) is 11.3 Å². The van der Waals surface area contributed by atoms with Gasteiger partial charge in [0.05, 0.1) is 10.6 Å². The zero-order valence-electron chi connectivity index (χ0n) is 18.9. The number of aromatic nitrogens is 1. The number of nitrogens with zero attached hydrogens (tertiary/aromatic N) is 4. The maximum Gasteiger partial charge on any atom is 0.270 e. The Balaban J connectivity index is 1.54. The van der Waals surface area contributed by atoms with E-state index in [9.17, 15) is 14.5 Å². The Bertz CT molecular complexity index is 1450. The lowest BCUT2D eigenvalue weighted by atomic mass is 9.83. The van der Waals surface area contributed by atoms with E-state index in [0.29, 0.717) is 22.0 Å². The first-order chi connectivity index (χ1) is 17.1. The predicted octanol–water partition coefficient (Wildman–Crippen LogP) is 7.06. The smallest absolute Gasteiger partial charge is 0.258 e. The quantitative estimate of drug-likeness (QED) is 0.224. The van der Waals surface area contributed by atoms with Crippen LogP contribution in [0.1, 0.15) is 37.2 Å². The molecule has 1 fully saturated rings. The van der Waals surface area contributed by atoms with Gasteiger partial charge in [-0.05, 0) is 49.3 Å². The highest BCUT2D eigenvalue weighted by atomic mass is 32.1. The molecule has 1 aliphatic carbocycles. The third kappa shape index (κ3) is 5.12. The predicted molar refractivity (Wildman–Crippen MR) is 137 cm³/mol. The Kier molecular flexibility index (Phi) is 6.63. The minimum absolute atomic E-state index is 0.00358. The molecule has 6 nitrogen and oxygen atoms in total. The first kappa shape index (κ1) is 22.9. The average molecular weight is 487 g/mol. The van der Waals surface area contributed by atoms with Crippen LogP contribution in [0.15, 0.2) is 94.3 Å². The Morgan fingerprint density at radius 1 is 0.971 bits per heavy atom. The van der Waals surface area contributed by atoms with E-state index >= 15 is 0 Å². The summed E-state index contributed by atoms with van der Waals surface area (Å²) in [4.78, 5) is 16.0. The highest BCUT2D eigenvalue weighted by Gasteiger charge is 2.20. The van der Waals surface area contributed by atoms with Crippen LogP contribution in [-0.4, -0.2) is 15.3 Å². The molecule has 3 aromatic carbocycles. The number of nitro groups is 1. The van der Waals surface area contributed by atoms with Crippen LogP contribution in [0.5, 0.6) is 0 Å². The third-order valence-corrected chi connectivity index (χ3v) is 7.00. The Labute approximate surface area is 205 Å². The molecule has 176 valence electrons.